The molecule has 0 bridgehead atoms. The van der Waals surface area contributed by atoms with Gasteiger partial charge in [-0.1, -0.05) is 119 Å². The Balaban J connectivity index is 1.53. The van der Waals surface area contributed by atoms with E-state index in [1.54, 1.807) is 0 Å². The van der Waals surface area contributed by atoms with E-state index in [0.717, 1.165) is 28.2 Å². The molecule has 0 radical (unpaired) electrons. The molecule has 4 nitrogen and oxygen atoms in total. The number of hydrogen-bond donors (Lipinski definition) is 0. The van der Waals surface area contributed by atoms with Gasteiger partial charge in [0, 0.05) is 28.3 Å². The van der Waals surface area contributed by atoms with Gasteiger partial charge in [0.05, 0.1) is 5.69 Å². The lowest BCUT2D eigenvalue weighted by Crippen LogP contribution is -2.42. The van der Waals surface area contributed by atoms with Crippen LogP contribution >= 0.6 is 0 Å². The molecule has 5 rings (SSSR count). The van der Waals surface area contributed by atoms with Crippen LogP contribution < -0.4 is 0 Å². The fourth-order valence-corrected chi connectivity index (χ4v) is 6.01. The van der Waals surface area contributed by atoms with Crippen LogP contribution in [-0.4, -0.2) is 19.9 Å². The smallest absolute Gasteiger partial charge is 0.165 e. The van der Waals surface area contributed by atoms with Gasteiger partial charge in [0.25, 0.3) is 0 Å². The highest BCUT2D eigenvalue weighted by molar-refractivity contribution is 5.67. The molecule has 41 heavy (non-hydrogen) atoms. The molecular formula is C37H46N4. The maximum absolute atomic E-state index is 4.92. The molecule has 1 aliphatic carbocycles. The van der Waals surface area contributed by atoms with Gasteiger partial charge in [-0.15, -0.1) is 0 Å². The second kappa shape index (κ2) is 9.31. The molecular weight excluding hydrogens is 500 g/mol. The van der Waals surface area contributed by atoms with Crippen LogP contribution in [0, 0.1) is 5.41 Å². The molecule has 0 N–H and O–H groups in total. The van der Waals surface area contributed by atoms with Crippen LogP contribution in [0.3, 0.4) is 0 Å². The van der Waals surface area contributed by atoms with Crippen molar-refractivity contribution in [3.8, 4) is 34.0 Å². The molecule has 0 saturated carbocycles. The number of rotatable bonds is 3. The number of benzene rings is 2. The van der Waals surface area contributed by atoms with Gasteiger partial charge in [-0.2, -0.15) is 0 Å². The molecule has 1 aliphatic rings. The van der Waals surface area contributed by atoms with E-state index in [9.17, 15) is 0 Å². The van der Waals surface area contributed by atoms with Gasteiger partial charge in [0.1, 0.15) is 5.82 Å². The maximum Gasteiger partial charge on any atom is 0.165 e. The van der Waals surface area contributed by atoms with E-state index in [2.05, 4.69) is 138 Å². The predicted octanol–water partition coefficient (Wildman–Crippen LogP) is 9.46. The Morgan fingerprint density at radius 3 is 1.61 bits per heavy atom. The van der Waals surface area contributed by atoms with Crippen molar-refractivity contribution >= 4 is 0 Å². The molecule has 4 aromatic rings. The molecule has 0 atom stereocenters. The van der Waals surface area contributed by atoms with E-state index in [0.29, 0.717) is 11.6 Å². The third kappa shape index (κ3) is 4.79. The molecule has 0 amide bonds. The van der Waals surface area contributed by atoms with Gasteiger partial charge < -0.3 is 0 Å². The first-order valence-corrected chi connectivity index (χ1v) is 14.8. The summed E-state index contributed by atoms with van der Waals surface area (Å²) in [6.07, 6.45) is 1.90. The number of hydrogen-bond acceptors (Lipinski definition) is 4. The summed E-state index contributed by atoms with van der Waals surface area (Å²) in [5.41, 5.74) is 8.27. The highest BCUT2D eigenvalue weighted by atomic mass is 15.0. The van der Waals surface area contributed by atoms with Crippen LogP contribution in [0.2, 0.25) is 0 Å². The average molecular weight is 547 g/mol. The Morgan fingerprint density at radius 1 is 0.537 bits per heavy atom. The van der Waals surface area contributed by atoms with E-state index >= 15 is 0 Å². The van der Waals surface area contributed by atoms with Crippen LogP contribution in [-0.2, 0) is 21.7 Å². The van der Waals surface area contributed by atoms with Crippen molar-refractivity contribution in [1.29, 1.82) is 0 Å². The second-order valence-electron chi connectivity index (χ2n) is 15.5. The topological polar surface area (TPSA) is 51.6 Å². The molecule has 0 aliphatic heterocycles. The summed E-state index contributed by atoms with van der Waals surface area (Å²) in [4.78, 5) is 19.6. The highest BCUT2D eigenvalue weighted by Gasteiger charge is 2.56. The van der Waals surface area contributed by atoms with E-state index in [1.807, 2.05) is 6.20 Å². The summed E-state index contributed by atoms with van der Waals surface area (Å²) in [6, 6.07) is 19.6. The molecule has 0 saturated heterocycles. The summed E-state index contributed by atoms with van der Waals surface area (Å²) in [7, 11) is 0. The molecule has 0 spiro atoms. The minimum absolute atomic E-state index is 0.0531. The first kappa shape index (κ1) is 29.1. The molecule has 0 fully saturated rings. The van der Waals surface area contributed by atoms with Crippen LogP contribution in [0.15, 0.2) is 60.8 Å². The van der Waals surface area contributed by atoms with Crippen molar-refractivity contribution in [2.45, 2.75) is 105 Å². The standard InChI is InChI=1S/C37H46N4/c1-33(2,3)26-17-13-23(14-18-26)30-39-31(41-32(40-30)34(4,5)6)25-16-20-29(38-22-25)24-15-19-27-28(21-24)36(9,10)37(11,12)35(27,7)8/h13-22H,1-12H3. The number of fused-ring (bicyclic) bond motifs is 1. The molecule has 2 aromatic heterocycles. The molecule has 2 aromatic carbocycles. The first-order valence-electron chi connectivity index (χ1n) is 14.8. The summed E-state index contributed by atoms with van der Waals surface area (Å²) in [5, 5.41) is 0. The lowest BCUT2D eigenvalue weighted by Gasteiger charge is -2.44. The van der Waals surface area contributed by atoms with Gasteiger partial charge in [0.2, 0.25) is 0 Å². The Morgan fingerprint density at radius 2 is 1.07 bits per heavy atom. The zero-order valence-corrected chi connectivity index (χ0v) is 27.1. The van der Waals surface area contributed by atoms with Crippen molar-refractivity contribution in [2.24, 2.45) is 5.41 Å². The first-order chi connectivity index (χ1) is 18.8. The maximum atomic E-state index is 4.92. The van der Waals surface area contributed by atoms with Crippen LogP contribution in [0.5, 0.6) is 0 Å². The third-order valence-electron chi connectivity index (χ3n) is 10.1. The predicted molar refractivity (Wildman–Crippen MR) is 171 cm³/mol. The molecule has 4 heteroatoms. The number of aromatic nitrogens is 4. The third-order valence-corrected chi connectivity index (χ3v) is 10.1. The lowest BCUT2D eigenvalue weighted by molar-refractivity contribution is 0.125. The SMILES string of the molecule is CC(C)(C)c1ccc(-c2nc(-c3ccc(-c4ccc5c(c4)C(C)(C)C(C)(C)C5(C)C)nc3)nc(C(C)(C)C)n2)cc1. The van der Waals surface area contributed by atoms with Crippen molar-refractivity contribution < 1.29 is 0 Å². The summed E-state index contributed by atoms with van der Waals surface area (Å²) >= 11 is 0. The van der Waals surface area contributed by atoms with E-state index < -0.39 is 0 Å². The number of pyridine rings is 1. The fourth-order valence-electron chi connectivity index (χ4n) is 6.01. The average Bonchev–Trinajstić information content (AvgIpc) is 3.01. The second-order valence-corrected chi connectivity index (χ2v) is 15.5. The zero-order chi connectivity index (χ0) is 30.2. The molecule has 0 unspecified atom stereocenters. The monoisotopic (exact) mass is 546 g/mol. The van der Waals surface area contributed by atoms with Gasteiger partial charge in [-0.3, -0.25) is 4.98 Å². The molecule has 214 valence electrons. The van der Waals surface area contributed by atoms with Crippen LogP contribution in [0.25, 0.3) is 34.0 Å². The van der Waals surface area contributed by atoms with E-state index in [1.165, 1.54) is 16.7 Å². The Hall–Kier alpha value is -3.40. The fraction of sp³-hybridized carbons (Fsp3) is 0.459. The van der Waals surface area contributed by atoms with Gasteiger partial charge in [-0.25, -0.2) is 15.0 Å². The molecule has 2 heterocycles. The Labute approximate surface area is 247 Å². The Bertz CT molecular complexity index is 1590. The minimum atomic E-state index is -0.218. The van der Waals surface area contributed by atoms with Gasteiger partial charge in [0.15, 0.2) is 11.6 Å². The van der Waals surface area contributed by atoms with Gasteiger partial charge in [-0.05, 0) is 56.5 Å². The van der Waals surface area contributed by atoms with Crippen molar-refractivity contribution in [2.75, 3.05) is 0 Å². The Kier molecular flexibility index (Phi) is 6.61. The van der Waals surface area contributed by atoms with Gasteiger partial charge >= 0.3 is 0 Å². The minimum Gasteiger partial charge on any atom is -0.255 e. The summed E-state index contributed by atoms with van der Waals surface area (Å²) in [5.74, 6) is 2.11. The van der Waals surface area contributed by atoms with E-state index in [-0.39, 0.29) is 27.1 Å². The van der Waals surface area contributed by atoms with Crippen LogP contribution in [0.4, 0.5) is 0 Å². The van der Waals surface area contributed by atoms with E-state index in [4.69, 9.17) is 19.9 Å². The zero-order valence-electron chi connectivity index (χ0n) is 27.1. The van der Waals surface area contributed by atoms with Crippen LogP contribution in [0.1, 0.15) is 106 Å². The summed E-state index contributed by atoms with van der Waals surface area (Å²) < 4.78 is 0. The highest BCUT2D eigenvalue weighted by Crippen LogP contribution is 2.61. The van der Waals surface area contributed by atoms with Crippen molar-refractivity contribution in [3.63, 3.8) is 0 Å². The van der Waals surface area contributed by atoms with Crippen molar-refractivity contribution in [1.82, 2.24) is 19.9 Å². The quantitative estimate of drug-likeness (QED) is 0.257. The lowest BCUT2D eigenvalue weighted by atomic mass is 9.59. The summed E-state index contributed by atoms with van der Waals surface area (Å²) in [6.45, 7) is 27.4. The normalized spacial score (nSPS) is 17.4. The van der Waals surface area contributed by atoms with Crippen molar-refractivity contribution in [3.05, 3.63) is 83.3 Å². The number of nitrogens with zero attached hydrogens (tertiary/aromatic N) is 4. The largest absolute Gasteiger partial charge is 0.255 e.